The van der Waals surface area contributed by atoms with E-state index >= 15 is 0 Å². The van der Waals surface area contributed by atoms with Crippen LogP contribution >= 0.6 is 23.2 Å². The molecule has 0 aromatic heterocycles. The average Bonchev–Trinajstić information content (AvgIpc) is 2.23. The minimum absolute atomic E-state index is 0.0123. The summed E-state index contributed by atoms with van der Waals surface area (Å²) in [6, 6.07) is 5.25. The van der Waals surface area contributed by atoms with Crippen LogP contribution in [0.25, 0.3) is 0 Å². The van der Waals surface area contributed by atoms with Gasteiger partial charge in [0, 0.05) is 13.5 Å². The van der Waals surface area contributed by atoms with Gasteiger partial charge in [-0.25, -0.2) is 0 Å². The molecule has 0 amide bonds. The zero-order chi connectivity index (χ0) is 11.4. The van der Waals surface area contributed by atoms with Crippen molar-refractivity contribution < 1.29 is 9.53 Å². The highest BCUT2D eigenvalue weighted by molar-refractivity contribution is 6.42. The summed E-state index contributed by atoms with van der Waals surface area (Å²) in [6.45, 7) is 1.71. The molecule has 1 atom stereocenters. The first-order valence-electron chi connectivity index (χ1n) is 4.54. The first kappa shape index (κ1) is 12.5. The van der Waals surface area contributed by atoms with Gasteiger partial charge in [-0.05, 0) is 18.6 Å². The number of carbonyl (C=O) groups excluding carboxylic acids is 1. The zero-order valence-electron chi connectivity index (χ0n) is 8.59. The van der Waals surface area contributed by atoms with E-state index in [1.54, 1.807) is 25.1 Å². The summed E-state index contributed by atoms with van der Waals surface area (Å²) in [5.41, 5.74) is 0.734. The predicted molar refractivity (Wildman–Crippen MR) is 61.6 cm³/mol. The van der Waals surface area contributed by atoms with Gasteiger partial charge in [0.05, 0.1) is 10.0 Å². The number of carbonyl (C=O) groups is 1. The summed E-state index contributed by atoms with van der Waals surface area (Å²) in [7, 11) is 1.50. The minimum atomic E-state index is -0.417. The van der Waals surface area contributed by atoms with Gasteiger partial charge in [-0.2, -0.15) is 0 Å². The molecule has 1 aromatic rings. The normalized spacial score (nSPS) is 12.5. The SMILES string of the molecule is COC(C)C(=O)Cc1cccc(Cl)c1Cl. The molecule has 0 bridgehead atoms. The van der Waals surface area contributed by atoms with Gasteiger partial charge in [0.2, 0.25) is 0 Å². The van der Waals surface area contributed by atoms with Crippen molar-refractivity contribution in [1.82, 2.24) is 0 Å². The Bertz CT molecular complexity index is 364. The molecule has 0 saturated carbocycles. The molecule has 1 aromatic carbocycles. The van der Waals surface area contributed by atoms with Crippen LogP contribution in [0.3, 0.4) is 0 Å². The Balaban J connectivity index is 2.81. The van der Waals surface area contributed by atoms with Crippen LogP contribution in [0.5, 0.6) is 0 Å². The van der Waals surface area contributed by atoms with Crippen LogP contribution in [0.4, 0.5) is 0 Å². The van der Waals surface area contributed by atoms with E-state index in [9.17, 15) is 4.79 Å². The van der Waals surface area contributed by atoms with Crippen molar-refractivity contribution >= 4 is 29.0 Å². The smallest absolute Gasteiger partial charge is 0.165 e. The number of rotatable bonds is 4. The molecule has 82 valence electrons. The van der Waals surface area contributed by atoms with Gasteiger partial charge < -0.3 is 4.74 Å². The van der Waals surface area contributed by atoms with E-state index < -0.39 is 6.10 Å². The molecule has 0 N–H and O–H groups in total. The standard InChI is InChI=1S/C11H12Cl2O2/c1-7(15-2)10(14)6-8-4-3-5-9(12)11(8)13/h3-5,7H,6H2,1-2H3. The lowest BCUT2D eigenvalue weighted by atomic mass is 10.1. The zero-order valence-corrected chi connectivity index (χ0v) is 10.1. The molecular formula is C11H12Cl2O2. The molecule has 0 radical (unpaired) electrons. The van der Waals surface area contributed by atoms with Crippen molar-refractivity contribution in [3.8, 4) is 0 Å². The maximum Gasteiger partial charge on any atom is 0.165 e. The molecule has 0 fully saturated rings. The quantitative estimate of drug-likeness (QED) is 0.816. The maximum absolute atomic E-state index is 11.6. The fourth-order valence-corrected chi connectivity index (χ4v) is 1.53. The summed E-state index contributed by atoms with van der Waals surface area (Å²) >= 11 is 11.8. The van der Waals surface area contributed by atoms with Crippen LogP contribution < -0.4 is 0 Å². The van der Waals surface area contributed by atoms with E-state index in [4.69, 9.17) is 27.9 Å². The van der Waals surface area contributed by atoms with Gasteiger partial charge >= 0.3 is 0 Å². The van der Waals surface area contributed by atoms with Gasteiger partial charge in [-0.15, -0.1) is 0 Å². The lowest BCUT2D eigenvalue weighted by molar-refractivity contribution is -0.127. The first-order valence-corrected chi connectivity index (χ1v) is 5.30. The van der Waals surface area contributed by atoms with Crippen LogP contribution in [0.1, 0.15) is 12.5 Å². The summed E-state index contributed by atoms with van der Waals surface area (Å²) in [5.74, 6) is -0.0123. The van der Waals surface area contributed by atoms with E-state index in [-0.39, 0.29) is 12.2 Å². The second-order valence-corrected chi connectivity index (χ2v) is 4.02. The number of hydrogen-bond donors (Lipinski definition) is 0. The lowest BCUT2D eigenvalue weighted by Crippen LogP contribution is -2.21. The lowest BCUT2D eigenvalue weighted by Gasteiger charge is -2.09. The second-order valence-electron chi connectivity index (χ2n) is 3.23. The molecule has 0 aliphatic rings. The maximum atomic E-state index is 11.6. The Morgan fingerprint density at radius 3 is 2.73 bits per heavy atom. The summed E-state index contributed by atoms with van der Waals surface area (Å²) < 4.78 is 4.93. The number of hydrogen-bond acceptors (Lipinski definition) is 2. The molecule has 2 nitrogen and oxygen atoms in total. The highest BCUT2D eigenvalue weighted by Crippen LogP contribution is 2.26. The molecule has 1 unspecified atom stereocenters. The molecular weight excluding hydrogens is 235 g/mol. The van der Waals surface area contributed by atoms with E-state index in [0.717, 1.165) is 5.56 Å². The number of ether oxygens (including phenoxy) is 1. The number of methoxy groups -OCH3 is 1. The largest absolute Gasteiger partial charge is 0.374 e. The second kappa shape index (κ2) is 5.50. The fourth-order valence-electron chi connectivity index (χ4n) is 1.15. The Morgan fingerprint density at radius 1 is 1.47 bits per heavy atom. The predicted octanol–water partition coefficient (Wildman–Crippen LogP) is 3.14. The van der Waals surface area contributed by atoms with Crippen LogP contribution in [0.15, 0.2) is 18.2 Å². The topological polar surface area (TPSA) is 26.3 Å². The number of ketones is 1. The van der Waals surface area contributed by atoms with Crippen LogP contribution in [0.2, 0.25) is 10.0 Å². The average molecular weight is 247 g/mol. The Hall–Kier alpha value is -0.570. The third kappa shape index (κ3) is 3.20. The van der Waals surface area contributed by atoms with E-state index in [2.05, 4.69) is 0 Å². The van der Waals surface area contributed by atoms with Crippen LogP contribution in [-0.2, 0) is 16.0 Å². The van der Waals surface area contributed by atoms with E-state index in [1.165, 1.54) is 7.11 Å². The highest BCUT2D eigenvalue weighted by Gasteiger charge is 2.14. The first-order chi connectivity index (χ1) is 7.06. The van der Waals surface area contributed by atoms with Crippen molar-refractivity contribution in [2.75, 3.05) is 7.11 Å². The van der Waals surface area contributed by atoms with Gasteiger partial charge in [0.1, 0.15) is 6.10 Å². The highest BCUT2D eigenvalue weighted by atomic mass is 35.5. The summed E-state index contributed by atoms with van der Waals surface area (Å²) in [4.78, 5) is 11.6. The van der Waals surface area contributed by atoms with E-state index in [1.807, 2.05) is 0 Å². The third-order valence-corrected chi connectivity index (χ3v) is 3.06. The molecule has 0 heterocycles. The molecule has 0 spiro atoms. The van der Waals surface area contributed by atoms with Gasteiger partial charge in [-0.1, -0.05) is 35.3 Å². The van der Waals surface area contributed by atoms with Crippen LogP contribution in [0, 0.1) is 0 Å². The fraction of sp³-hybridized carbons (Fsp3) is 0.364. The van der Waals surface area contributed by atoms with Crippen molar-refractivity contribution in [1.29, 1.82) is 0 Å². The number of Topliss-reactive ketones (excluding diaryl/α,β-unsaturated/α-hetero) is 1. The van der Waals surface area contributed by atoms with E-state index in [0.29, 0.717) is 10.0 Å². The van der Waals surface area contributed by atoms with Gasteiger partial charge in [0.15, 0.2) is 5.78 Å². The Kier molecular flexibility index (Phi) is 4.58. The molecule has 0 aliphatic carbocycles. The van der Waals surface area contributed by atoms with Gasteiger partial charge in [0.25, 0.3) is 0 Å². The van der Waals surface area contributed by atoms with Crippen molar-refractivity contribution in [3.63, 3.8) is 0 Å². The molecule has 0 aliphatic heterocycles. The minimum Gasteiger partial charge on any atom is -0.374 e. The van der Waals surface area contributed by atoms with Crippen molar-refractivity contribution in [2.45, 2.75) is 19.4 Å². The van der Waals surface area contributed by atoms with Crippen LogP contribution in [-0.4, -0.2) is 19.0 Å². The molecule has 4 heteroatoms. The van der Waals surface area contributed by atoms with Crippen molar-refractivity contribution in [3.05, 3.63) is 33.8 Å². The third-order valence-electron chi connectivity index (χ3n) is 2.20. The summed E-state index contributed by atoms with van der Waals surface area (Å²) in [6.07, 6.45) is -0.172. The molecule has 0 saturated heterocycles. The summed E-state index contributed by atoms with van der Waals surface area (Å²) in [5, 5.41) is 0.905. The Morgan fingerprint density at radius 2 is 2.13 bits per heavy atom. The monoisotopic (exact) mass is 246 g/mol. The number of halogens is 2. The Labute approximate surface area is 99.1 Å². The molecule has 1 rings (SSSR count). The van der Waals surface area contributed by atoms with Crippen molar-refractivity contribution in [2.24, 2.45) is 0 Å². The molecule has 15 heavy (non-hydrogen) atoms. The van der Waals surface area contributed by atoms with Gasteiger partial charge in [-0.3, -0.25) is 4.79 Å². The number of benzene rings is 1.